The number of benzene rings is 1. The second kappa shape index (κ2) is 6.17. The van der Waals surface area contributed by atoms with Crippen molar-refractivity contribution in [2.45, 2.75) is 19.9 Å². The van der Waals surface area contributed by atoms with Crippen molar-refractivity contribution < 1.29 is 4.79 Å². The molecule has 0 bridgehead atoms. The fraction of sp³-hybridized carbons (Fsp3) is 0.533. The number of likely N-dealkylation sites (N-methyl/N-ethyl adjacent to an activating group) is 1. The van der Waals surface area contributed by atoms with Crippen molar-refractivity contribution in [2.75, 3.05) is 25.5 Å². The zero-order valence-corrected chi connectivity index (χ0v) is 11.7. The minimum absolute atomic E-state index is 0.0324. The highest BCUT2D eigenvalue weighted by Gasteiger charge is 2.33. The molecule has 1 fully saturated rings. The van der Waals surface area contributed by atoms with Gasteiger partial charge in [0.2, 0.25) is 5.91 Å². The van der Waals surface area contributed by atoms with Gasteiger partial charge in [-0.15, -0.1) is 0 Å². The van der Waals surface area contributed by atoms with Gasteiger partial charge in [-0.25, -0.2) is 0 Å². The smallest absolute Gasteiger partial charge is 0.238 e. The second-order valence-electron chi connectivity index (χ2n) is 5.62. The van der Waals surface area contributed by atoms with Crippen molar-refractivity contribution >= 4 is 11.6 Å². The fourth-order valence-corrected chi connectivity index (χ4v) is 2.34. The lowest BCUT2D eigenvalue weighted by atomic mass is 10.2. The molecule has 0 saturated heterocycles. The third-order valence-corrected chi connectivity index (χ3v) is 3.68. The molecule has 0 aliphatic heterocycles. The maximum Gasteiger partial charge on any atom is 0.238 e. The largest absolute Gasteiger partial charge is 0.326 e. The summed E-state index contributed by atoms with van der Waals surface area (Å²) in [7, 11) is 2.00. The Labute approximate surface area is 115 Å². The van der Waals surface area contributed by atoms with Crippen LogP contribution < -0.4 is 11.1 Å². The summed E-state index contributed by atoms with van der Waals surface area (Å²) in [6.07, 6.45) is 1.30. The lowest BCUT2D eigenvalue weighted by molar-refractivity contribution is -0.117. The molecule has 1 saturated carbocycles. The molecule has 0 aromatic heterocycles. The summed E-state index contributed by atoms with van der Waals surface area (Å²) in [6, 6.07) is 7.67. The molecule has 19 heavy (non-hydrogen) atoms. The highest BCUT2D eigenvalue weighted by Crippen LogP contribution is 2.37. The monoisotopic (exact) mass is 261 g/mol. The number of rotatable bonds is 6. The maximum absolute atomic E-state index is 11.9. The van der Waals surface area contributed by atoms with Crippen molar-refractivity contribution in [3.63, 3.8) is 0 Å². The second-order valence-corrected chi connectivity index (χ2v) is 5.62. The van der Waals surface area contributed by atoms with Gasteiger partial charge in [0.15, 0.2) is 0 Å². The molecule has 1 amide bonds. The first-order valence-corrected chi connectivity index (χ1v) is 6.86. The van der Waals surface area contributed by atoms with E-state index in [1.165, 1.54) is 6.42 Å². The lowest BCUT2D eigenvalue weighted by Crippen LogP contribution is -2.31. The summed E-state index contributed by atoms with van der Waals surface area (Å²) in [5, 5.41) is 2.92. The first-order chi connectivity index (χ1) is 9.08. The first kappa shape index (κ1) is 14.0. The third-order valence-electron chi connectivity index (χ3n) is 3.68. The van der Waals surface area contributed by atoms with E-state index < -0.39 is 0 Å². The van der Waals surface area contributed by atoms with Gasteiger partial charge in [0.05, 0.1) is 6.54 Å². The van der Waals surface area contributed by atoms with E-state index in [1.54, 1.807) is 0 Å². The van der Waals surface area contributed by atoms with Crippen LogP contribution in [0.5, 0.6) is 0 Å². The van der Waals surface area contributed by atoms with Crippen LogP contribution >= 0.6 is 0 Å². The molecule has 2 rings (SSSR count). The minimum Gasteiger partial charge on any atom is -0.326 e. The van der Waals surface area contributed by atoms with Crippen LogP contribution in [0.3, 0.4) is 0 Å². The Balaban J connectivity index is 1.79. The van der Waals surface area contributed by atoms with Crippen molar-refractivity contribution in [2.24, 2.45) is 17.6 Å². The summed E-state index contributed by atoms with van der Waals surface area (Å²) in [5.41, 5.74) is 7.43. The van der Waals surface area contributed by atoms with E-state index in [0.717, 1.165) is 29.6 Å². The zero-order chi connectivity index (χ0) is 13.8. The molecule has 4 heteroatoms. The first-order valence-electron chi connectivity index (χ1n) is 6.86. The van der Waals surface area contributed by atoms with Gasteiger partial charge >= 0.3 is 0 Å². The molecule has 104 valence electrons. The van der Waals surface area contributed by atoms with Crippen LogP contribution in [0.4, 0.5) is 5.69 Å². The van der Waals surface area contributed by atoms with E-state index in [0.29, 0.717) is 13.1 Å². The highest BCUT2D eigenvalue weighted by molar-refractivity contribution is 5.92. The predicted octanol–water partition coefficient (Wildman–Crippen LogP) is 1.67. The Kier molecular flexibility index (Phi) is 4.56. The van der Waals surface area contributed by atoms with Crippen LogP contribution in [0.1, 0.15) is 18.9 Å². The number of anilines is 1. The van der Waals surface area contributed by atoms with E-state index in [4.69, 9.17) is 5.73 Å². The molecule has 1 aromatic carbocycles. The molecule has 4 nitrogen and oxygen atoms in total. The van der Waals surface area contributed by atoms with Crippen LogP contribution in [-0.2, 0) is 11.3 Å². The summed E-state index contributed by atoms with van der Waals surface area (Å²) in [5.74, 6) is 1.63. The number of nitrogens with one attached hydrogen (secondary N) is 1. The van der Waals surface area contributed by atoms with Crippen molar-refractivity contribution in [3.05, 3.63) is 29.8 Å². The Bertz CT molecular complexity index is 447. The summed E-state index contributed by atoms with van der Waals surface area (Å²) < 4.78 is 0. The highest BCUT2D eigenvalue weighted by atomic mass is 16.2. The number of hydrogen-bond donors (Lipinski definition) is 2. The molecule has 0 radical (unpaired) electrons. The van der Waals surface area contributed by atoms with E-state index in [9.17, 15) is 4.79 Å². The third kappa shape index (κ3) is 4.33. The Morgan fingerprint density at radius 3 is 2.89 bits per heavy atom. The number of nitrogens with zero attached hydrogens (tertiary/aromatic N) is 1. The minimum atomic E-state index is 0.0324. The summed E-state index contributed by atoms with van der Waals surface area (Å²) in [4.78, 5) is 14.0. The predicted molar refractivity (Wildman–Crippen MR) is 77.7 cm³/mol. The molecule has 3 N–H and O–H groups in total. The van der Waals surface area contributed by atoms with E-state index in [1.807, 2.05) is 31.3 Å². The van der Waals surface area contributed by atoms with Gasteiger partial charge in [-0.2, -0.15) is 0 Å². The quantitative estimate of drug-likeness (QED) is 0.819. The Hall–Kier alpha value is -1.39. The summed E-state index contributed by atoms with van der Waals surface area (Å²) >= 11 is 0. The molecule has 1 aromatic rings. The number of carbonyl (C=O) groups excluding carboxylic acids is 1. The SMILES string of the molecule is CC1CC1CN(C)CC(=O)Nc1cccc(CN)c1. The van der Waals surface area contributed by atoms with E-state index in [2.05, 4.69) is 17.1 Å². The van der Waals surface area contributed by atoms with Gasteiger partial charge in [0.25, 0.3) is 0 Å². The van der Waals surface area contributed by atoms with Gasteiger partial charge in [0, 0.05) is 18.8 Å². The number of amides is 1. The average Bonchev–Trinajstić information content (AvgIpc) is 3.04. The van der Waals surface area contributed by atoms with Crippen LogP contribution in [0, 0.1) is 11.8 Å². The molecular formula is C15H23N3O. The standard InChI is InChI=1S/C15H23N3O/c1-11-6-13(11)9-18(2)10-15(19)17-14-5-3-4-12(7-14)8-16/h3-5,7,11,13H,6,8-10,16H2,1-2H3,(H,17,19). The lowest BCUT2D eigenvalue weighted by Gasteiger charge is -2.16. The molecular weight excluding hydrogens is 238 g/mol. The van der Waals surface area contributed by atoms with Gasteiger partial charge in [-0.1, -0.05) is 19.1 Å². The molecule has 0 spiro atoms. The molecule has 1 aliphatic carbocycles. The van der Waals surface area contributed by atoms with Gasteiger partial charge < -0.3 is 11.1 Å². The van der Waals surface area contributed by atoms with Gasteiger partial charge in [-0.05, 0) is 43.0 Å². The molecule has 1 aliphatic rings. The molecule has 0 heterocycles. The van der Waals surface area contributed by atoms with Gasteiger partial charge in [0.1, 0.15) is 0 Å². The van der Waals surface area contributed by atoms with Crippen molar-refractivity contribution in [1.82, 2.24) is 4.90 Å². The van der Waals surface area contributed by atoms with Gasteiger partial charge in [-0.3, -0.25) is 9.69 Å². The normalized spacial score (nSPS) is 21.5. The summed E-state index contributed by atoms with van der Waals surface area (Å²) in [6.45, 7) is 4.20. The van der Waals surface area contributed by atoms with Crippen LogP contribution in [0.2, 0.25) is 0 Å². The number of nitrogens with two attached hydrogens (primary N) is 1. The topological polar surface area (TPSA) is 58.4 Å². The Morgan fingerprint density at radius 2 is 2.26 bits per heavy atom. The molecule has 2 unspecified atom stereocenters. The molecule has 2 atom stereocenters. The van der Waals surface area contributed by atoms with Crippen molar-refractivity contribution in [3.8, 4) is 0 Å². The van der Waals surface area contributed by atoms with E-state index >= 15 is 0 Å². The van der Waals surface area contributed by atoms with Crippen molar-refractivity contribution in [1.29, 1.82) is 0 Å². The van der Waals surface area contributed by atoms with Crippen LogP contribution in [0.15, 0.2) is 24.3 Å². The van der Waals surface area contributed by atoms with Crippen LogP contribution in [0.25, 0.3) is 0 Å². The maximum atomic E-state index is 11.9. The average molecular weight is 261 g/mol. The zero-order valence-electron chi connectivity index (χ0n) is 11.7. The number of hydrogen-bond acceptors (Lipinski definition) is 3. The number of carbonyl (C=O) groups is 1. The van der Waals surface area contributed by atoms with E-state index in [-0.39, 0.29) is 5.91 Å². The van der Waals surface area contributed by atoms with Crippen LogP contribution in [-0.4, -0.2) is 30.9 Å². The fourth-order valence-electron chi connectivity index (χ4n) is 2.34. The Morgan fingerprint density at radius 1 is 1.53 bits per heavy atom.